The fourth-order valence-corrected chi connectivity index (χ4v) is 1.88. The largest absolute Gasteiger partial charge is 0.351 e. The molecule has 0 radical (unpaired) electrons. The van der Waals surface area contributed by atoms with Gasteiger partial charge in [-0.15, -0.1) is 0 Å². The predicted octanol–water partition coefficient (Wildman–Crippen LogP) is 1.04. The van der Waals surface area contributed by atoms with Crippen molar-refractivity contribution in [2.24, 2.45) is 0 Å². The number of aromatic nitrogens is 2. The Hall–Kier alpha value is -2.00. The molecular formula is C13H22N4O5. The molecule has 0 saturated heterocycles. The van der Waals surface area contributed by atoms with Gasteiger partial charge in [-0.3, -0.25) is 19.6 Å². The van der Waals surface area contributed by atoms with Gasteiger partial charge in [-0.1, -0.05) is 0 Å². The summed E-state index contributed by atoms with van der Waals surface area (Å²) in [5.41, 5.74) is -0.141. The summed E-state index contributed by atoms with van der Waals surface area (Å²) in [4.78, 5) is 23.9. The van der Waals surface area contributed by atoms with E-state index in [0.29, 0.717) is 26.3 Å². The molecule has 0 bridgehead atoms. The average Bonchev–Trinajstić information content (AvgIpc) is 2.93. The number of amides is 1. The first-order valence-electron chi connectivity index (χ1n) is 7.19. The second-order valence-corrected chi connectivity index (χ2v) is 4.43. The summed E-state index contributed by atoms with van der Waals surface area (Å²) < 4.78 is 12.1. The predicted molar refractivity (Wildman–Crippen MR) is 78.2 cm³/mol. The van der Waals surface area contributed by atoms with Crippen molar-refractivity contribution in [3.8, 4) is 0 Å². The Morgan fingerprint density at radius 1 is 1.41 bits per heavy atom. The highest BCUT2D eigenvalue weighted by molar-refractivity contribution is 5.75. The molecule has 9 nitrogen and oxygen atoms in total. The molecule has 0 aromatic carbocycles. The van der Waals surface area contributed by atoms with Crippen LogP contribution in [0.3, 0.4) is 0 Å². The monoisotopic (exact) mass is 314 g/mol. The first-order valence-corrected chi connectivity index (χ1v) is 7.19. The summed E-state index contributed by atoms with van der Waals surface area (Å²) in [7, 11) is 0. The van der Waals surface area contributed by atoms with E-state index in [1.807, 2.05) is 20.8 Å². The van der Waals surface area contributed by atoms with E-state index in [2.05, 4.69) is 5.10 Å². The molecule has 0 atom stereocenters. The molecule has 1 amide bonds. The third-order valence-corrected chi connectivity index (χ3v) is 2.94. The maximum Gasteiger partial charge on any atom is 0.307 e. The number of ether oxygens (including phenoxy) is 2. The standard InChI is InChI=1S/C13H22N4O5/c1-4-15(10-13(21-5-2)22-6-3)12(18)9-16-8-11(7-14-16)17(19)20/h7-8,13H,4-6,9-10H2,1-3H3. The maximum absolute atomic E-state index is 12.3. The van der Waals surface area contributed by atoms with Gasteiger partial charge in [0.05, 0.1) is 11.5 Å². The van der Waals surface area contributed by atoms with Gasteiger partial charge in [-0.05, 0) is 20.8 Å². The SMILES string of the molecule is CCOC(CN(CC)C(=O)Cn1cc([N+](=O)[O-])cn1)OCC. The van der Waals surface area contributed by atoms with Gasteiger partial charge >= 0.3 is 5.69 Å². The molecule has 1 aromatic heterocycles. The number of nitrogens with zero attached hydrogens (tertiary/aromatic N) is 4. The molecule has 0 N–H and O–H groups in total. The van der Waals surface area contributed by atoms with Crippen molar-refractivity contribution in [1.29, 1.82) is 0 Å². The number of nitro groups is 1. The summed E-state index contributed by atoms with van der Waals surface area (Å²) >= 11 is 0. The minimum atomic E-state index is -0.550. The molecule has 0 saturated carbocycles. The van der Waals surface area contributed by atoms with Crippen molar-refractivity contribution >= 4 is 11.6 Å². The molecule has 0 unspecified atom stereocenters. The Bertz CT molecular complexity index is 485. The minimum absolute atomic E-state index is 0.0628. The summed E-state index contributed by atoms with van der Waals surface area (Å²) in [6, 6.07) is 0. The lowest BCUT2D eigenvalue weighted by Gasteiger charge is -2.26. The third-order valence-electron chi connectivity index (χ3n) is 2.94. The zero-order valence-electron chi connectivity index (χ0n) is 13.1. The van der Waals surface area contributed by atoms with Crippen LogP contribution in [0.15, 0.2) is 12.4 Å². The Labute approximate surface area is 128 Å². The van der Waals surface area contributed by atoms with Crippen molar-refractivity contribution in [2.75, 3.05) is 26.3 Å². The highest BCUT2D eigenvalue weighted by Gasteiger charge is 2.19. The number of rotatable bonds is 10. The topological polar surface area (TPSA) is 99.7 Å². The van der Waals surface area contributed by atoms with Crippen molar-refractivity contribution in [2.45, 2.75) is 33.6 Å². The Balaban J connectivity index is 2.64. The quantitative estimate of drug-likeness (QED) is 0.363. The van der Waals surface area contributed by atoms with Crippen LogP contribution in [0, 0.1) is 10.1 Å². The van der Waals surface area contributed by atoms with E-state index in [-0.39, 0.29) is 18.1 Å². The van der Waals surface area contributed by atoms with Crippen LogP contribution in [-0.4, -0.2) is 58.1 Å². The fraction of sp³-hybridized carbons (Fsp3) is 0.692. The van der Waals surface area contributed by atoms with E-state index in [9.17, 15) is 14.9 Å². The van der Waals surface area contributed by atoms with E-state index in [1.165, 1.54) is 10.9 Å². The molecule has 9 heteroatoms. The van der Waals surface area contributed by atoms with Crippen molar-refractivity contribution in [1.82, 2.24) is 14.7 Å². The van der Waals surface area contributed by atoms with Crippen LogP contribution in [0.25, 0.3) is 0 Å². The number of hydrogen-bond donors (Lipinski definition) is 0. The molecule has 0 spiro atoms. The molecule has 0 fully saturated rings. The van der Waals surface area contributed by atoms with Crippen molar-refractivity contribution in [3.05, 3.63) is 22.5 Å². The van der Waals surface area contributed by atoms with Crippen molar-refractivity contribution in [3.63, 3.8) is 0 Å². The number of likely N-dealkylation sites (N-methyl/N-ethyl adjacent to an activating group) is 1. The zero-order valence-corrected chi connectivity index (χ0v) is 13.1. The van der Waals surface area contributed by atoms with Crippen LogP contribution in [0.1, 0.15) is 20.8 Å². The smallest absolute Gasteiger partial charge is 0.307 e. The molecule has 0 aliphatic heterocycles. The maximum atomic E-state index is 12.3. The summed E-state index contributed by atoms with van der Waals surface area (Å²) in [5, 5.41) is 14.4. The van der Waals surface area contributed by atoms with Gasteiger partial charge in [0.2, 0.25) is 5.91 Å². The normalized spacial score (nSPS) is 10.9. The molecular weight excluding hydrogens is 292 g/mol. The van der Waals surface area contributed by atoms with E-state index in [1.54, 1.807) is 4.90 Å². The van der Waals surface area contributed by atoms with Crippen LogP contribution >= 0.6 is 0 Å². The molecule has 22 heavy (non-hydrogen) atoms. The van der Waals surface area contributed by atoms with Gasteiger partial charge in [0.25, 0.3) is 0 Å². The van der Waals surface area contributed by atoms with Gasteiger partial charge in [0.1, 0.15) is 18.9 Å². The van der Waals surface area contributed by atoms with Gasteiger partial charge in [-0.25, -0.2) is 0 Å². The first-order chi connectivity index (χ1) is 10.5. The number of hydrogen-bond acceptors (Lipinski definition) is 6. The molecule has 0 aliphatic rings. The zero-order chi connectivity index (χ0) is 16.5. The lowest BCUT2D eigenvalue weighted by Crippen LogP contribution is -2.41. The van der Waals surface area contributed by atoms with E-state index in [4.69, 9.17) is 9.47 Å². The molecule has 1 rings (SSSR count). The molecule has 124 valence electrons. The number of carbonyl (C=O) groups is 1. The van der Waals surface area contributed by atoms with Crippen LogP contribution in [0.2, 0.25) is 0 Å². The summed E-state index contributed by atoms with van der Waals surface area (Å²) in [5.74, 6) is -0.204. The van der Waals surface area contributed by atoms with Gasteiger partial charge in [-0.2, -0.15) is 5.10 Å². The van der Waals surface area contributed by atoms with Crippen LogP contribution in [0.5, 0.6) is 0 Å². The number of carbonyl (C=O) groups excluding carboxylic acids is 1. The van der Waals surface area contributed by atoms with E-state index >= 15 is 0 Å². The fourth-order valence-electron chi connectivity index (χ4n) is 1.88. The molecule has 0 aliphatic carbocycles. The van der Waals surface area contributed by atoms with Gasteiger partial charge in [0, 0.05) is 19.8 Å². The Morgan fingerprint density at radius 2 is 2.05 bits per heavy atom. The van der Waals surface area contributed by atoms with Crippen LogP contribution < -0.4 is 0 Å². The minimum Gasteiger partial charge on any atom is -0.351 e. The second-order valence-electron chi connectivity index (χ2n) is 4.43. The highest BCUT2D eigenvalue weighted by Crippen LogP contribution is 2.08. The lowest BCUT2D eigenvalue weighted by atomic mass is 10.4. The summed E-state index contributed by atoms with van der Waals surface area (Å²) in [6.07, 6.45) is 1.87. The third kappa shape index (κ3) is 5.41. The van der Waals surface area contributed by atoms with E-state index < -0.39 is 11.2 Å². The summed E-state index contributed by atoms with van der Waals surface area (Å²) in [6.45, 7) is 7.26. The van der Waals surface area contributed by atoms with E-state index in [0.717, 1.165) is 6.20 Å². The van der Waals surface area contributed by atoms with Crippen molar-refractivity contribution < 1.29 is 19.2 Å². The van der Waals surface area contributed by atoms with Crippen LogP contribution in [0.4, 0.5) is 5.69 Å². The second kappa shape index (κ2) is 9.11. The Morgan fingerprint density at radius 3 is 2.50 bits per heavy atom. The first kappa shape index (κ1) is 18.1. The van der Waals surface area contributed by atoms with Crippen LogP contribution in [-0.2, 0) is 20.8 Å². The Kier molecular flexibility index (Phi) is 7.47. The van der Waals surface area contributed by atoms with Gasteiger partial charge in [0.15, 0.2) is 6.29 Å². The molecule has 1 heterocycles. The highest BCUT2D eigenvalue weighted by atomic mass is 16.7. The van der Waals surface area contributed by atoms with Gasteiger partial charge < -0.3 is 14.4 Å². The average molecular weight is 314 g/mol. The molecule has 1 aromatic rings. The lowest BCUT2D eigenvalue weighted by molar-refractivity contribution is -0.385.